The molecule has 4 rings (SSSR count). The molecule has 156 valence electrons. The number of anilines is 1. The fourth-order valence-corrected chi connectivity index (χ4v) is 3.17. The van der Waals surface area contributed by atoms with Crippen molar-refractivity contribution >= 4 is 29.2 Å². The lowest BCUT2D eigenvalue weighted by Gasteiger charge is -2.21. The molecule has 3 aromatic rings. The van der Waals surface area contributed by atoms with Gasteiger partial charge in [0.15, 0.2) is 5.69 Å². The molecule has 1 unspecified atom stereocenters. The quantitative estimate of drug-likeness (QED) is 0.327. The molecule has 0 spiro atoms. The minimum atomic E-state index is -1.24. The van der Waals surface area contributed by atoms with Crippen LogP contribution in [0, 0.1) is 10.1 Å². The molecule has 0 aliphatic carbocycles. The van der Waals surface area contributed by atoms with Crippen LogP contribution in [0.25, 0.3) is 5.69 Å². The molecule has 11 nitrogen and oxygen atoms in total. The zero-order chi connectivity index (χ0) is 22.2. The van der Waals surface area contributed by atoms with Gasteiger partial charge < -0.3 is 10.6 Å². The molecule has 0 radical (unpaired) electrons. The van der Waals surface area contributed by atoms with Crippen molar-refractivity contribution in [1.82, 2.24) is 20.4 Å². The maximum Gasteiger partial charge on any atom is 0.322 e. The van der Waals surface area contributed by atoms with Crippen LogP contribution in [0.5, 0.6) is 0 Å². The van der Waals surface area contributed by atoms with Gasteiger partial charge in [0, 0.05) is 24.0 Å². The van der Waals surface area contributed by atoms with Gasteiger partial charge in [-0.3, -0.25) is 25.0 Å². The molecule has 31 heavy (non-hydrogen) atoms. The van der Waals surface area contributed by atoms with Crippen molar-refractivity contribution in [3.8, 4) is 5.69 Å². The molecule has 2 aromatic carbocycles. The molecule has 1 fully saturated rings. The number of carbonyl (C=O) groups excluding carboxylic acids is 3. The van der Waals surface area contributed by atoms with Crippen LogP contribution in [0.15, 0.2) is 60.8 Å². The van der Waals surface area contributed by atoms with Crippen molar-refractivity contribution < 1.29 is 19.3 Å². The molecule has 2 heterocycles. The Balaban J connectivity index is 1.51. The van der Waals surface area contributed by atoms with Crippen LogP contribution >= 0.6 is 0 Å². The number of hydrogen-bond donors (Lipinski definition) is 3. The number of amides is 4. The summed E-state index contributed by atoms with van der Waals surface area (Å²) in [7, 11) is 0. The Bertz CT molecular complexity index is 1220. The Hall–Kier alpha value is -4.54. The van der Waals surface area contributed by atoms with Gasteiger partial charge in [0.2, 0.25) is 0 Å². The third-order valence-corrected chi connectivity index (χ3v) is 4.89. The van der Waals surface area contributed by atoms with E-state index in [0.717, 1.165) is 0 Å². The molecular weight excluding hydrogens is 404 g/mol. The van der Waals surface area contributed by atoms with Gasteiger partial charge in [-0.15, -0.1) is 0 Å². The normalized spacial score (nSPS) is 17.7. The average Bonchev–Trinajstić information content (AvgIpc) is 3.33. The largest absolute Gasteiger partial charge is 0.322 e. The van der Waals surface area contributed by atoms with Crippen LogP contribution in [0.3, 0.4) is 0 Å². The molecule has 3 N–H and O–H groups in total. The number of nitrogens with one attached hydrogen (secondary N) is 3. The number of benzene rings is 2. The predicted molar refractivity (Wildman–Crippen MR) is 109 cm³/mol. The van der Waals surface area contributed by atoms with E-state index in [1.807, 2.05) is 0 Å². The summed E-state index contributed by atoms with van der Waals surface area (Å²) in [6, 6.07) is 13.2. The average molecular weight is 420 g/mol. The fraction of sp³-hybridized carbons (Fsp3) is 0.100. The summed E-state index contributed by atoms with van der Waals surface area (Å²) in [5.74, 6) is -0.967. The number of nitro groups is 1. The molecule has 1 aliphatic rings. The molecule has 11 heteroatoms. The van der Waals surface area contributed by atoms with Crippen molar-refractivity contribution in [2.24, 2.45) is 0 Å². The van der Waals surface area contributed by atoms with Crippen LogP contribution in [0.1, 0.15) is 23.0 Å². The first kappa shape index (κ1) is 19.8. The fourth-order valence-electron chi connectivity index (χ4n) is 3.17. The predicted octanol–water partition coefficient (Wildman–Crippen LogP) is 2.09. The third kappa shape index (κ3) is 3.71. The van der Waals surface area contributed by atoms with Gasteiger partial charge in [-0.1, -0.05) is 12.1 Å². The molecular formula is C20H16N6O5. The van der Waals surface area contributed by atoms with E-state index in [4.69, 9.17) is 0 Å². The second-order valence-electron chi connectivity index (χ2n) is 6.99. The van der Waals surface area contributed by atoms with E-state index in [1.165, 1.54) is 35.0 Å². The number of nitrogens with zero attached hydrogens (tertiary/aromatic N) is 3. The van der Waals surface area contributed by atoms with Crippen LogP contribution in [-0.2, 0) is 10.3 Å². The Kier molecular flexibility index (Phi) is 4.70. The first-order valence-corrected chi connectivity index (χ1v) is 9.12. The Morgan fingerprint density at radius 2 is 1.90 bits per heavy atom. The zero-order valence-electron chi connectivity index (χ0n) is 16.2. The van der Waals surface area contributed by atoms with Crippen molar-refractivity contribution in [3.63, 3.8) is 0 Å². The number of urea groups is 1. The van der Waals surface area contributed by atoms with Gasteiger partial charge in [-0.05, 0) is 42.8 Å². The number of hydrogen-bond acceptors (Lipinski definition) is 6. The van der Waals surface area contributed by atoms with Gasteiger partial charge in [0.1, 0.15) is 5.54 Å². The van der Waals surface area contributed by atoms with Gasteiger partial charge in [0.25, 0.3) is 17.5 Å². The number of non-ortho nitro benzene ring substituents is 1. The summed E-state index contributed by atoms with van der Waals surface area (Å²) in [5, 5.41) is 22.4. The number of imide groups is 1. The lowest BCUT2D eigenvalue weighted by atomic mass is 9.92. The van der Waals surface area contributed by atoms with Gasteiger partial charge in [-0.25, -0.2) is 9.48 Å². The van der Waals surface area contributed by atoms with E-state index < -0.39 is 28.3 Å². The smallest absolute Gasteiger partial charge is 0.321 e. The monoisotopic (exact) mass is 420 g/mol. The van der Waals surface area contributed by atoms with Crippen LogP contribution < -0.4 is 16.0 Å². The van der Waals surface area contributed by atoms with Crippen LogP contribution in [-0.4, -0.2) is 32.5 Å². The number of carbonyl (C=O) groups is 3. The number of aromatic nitrogens is 2. The van der Waals surface area contributed by atoms with Crippen molar-refractivity contribution in [3.05, 3.63) is 82.2 Å². The summed E-state index contributed by atoms with van der Waals surface area (Å²) in [6.07, 6.45) is 1.56. The van der Waals surface area contributed by atoms with E-state index in [-0.39, 0.29) is 11.4 Å². The van der Waals surface area contributed by atoms with Gasteiger partial charge >= 0.3 is 6.03 Å². The van der Waals surface area contributed by atoms with Crippen molar-refractivity contribution in [2.45, 2.75) is 12.5 Å². The molecule has 0 saturated carbocycles. The van der Waals surface area contributed by atoms with Gasteiger partial charge in [0.05, 0.1) is 10.6 Å². The molecule has 1 aliphatic heterocycles. The minimum absolute atomic E-state index is 0.0467. The topological polar surface area (TPSA) is 148 Å². The second kappa shape index (κ2) is 7.37. The zero-order valence-corrected chi connectivity index (χ0v) is 16.2. The lowest BCUT2D eigenvalue weighted by Crippen LogP contribution is -2.40. The summed E-state index contributed by atoms with van der Waals surface area (Å²) < 4.78 is 1.43. The lowest BCUT2D eigenvalue weighted by molar-refractivity contribution is -0.384. The summed E-state index contributed by atoms with van der Waals surface area (Å²) in [4.78, 5) is 46.5. The second-order valence-corrected chi connectivity index (χ2v) is 6.99. The molecule has 1 atom stereocenters. The van der Waals surface area contributed by atoms with E-state index in [9.17, 15) is 24.5 Å². The standard InChI is InChI=1S/C20H16N6O5/c1-20(18(28)22-19(29)23-20)12-3-2-4-13(11-12)21-17(27)16-9-10-25(24-16)14-5-7-15(8-6-14)26(30)31/h2-11H,1H3,(H,21,27)(H2,22,23,28,29). The highest BCUT2D eigenvalue weighted by Gasteiger charge is 2.43. The third-order valence-electron chi connectivity index (χ3n) is 4.89. The molecule has 4 amide bonds. The highest BCUT2D eigenvalue weighted by molar-refractivity contribution is 6.07. The highest BCUT2D eigenvalue weighted by Crippen LogP contribution is 2.26. The SMILES string of the molecule is CC1(c2cccc(NC(=O)c3ccn(-c4ccc([N+](=O)[O-])cc4)n3)c2)NC(=O)NC1=O. The van der Waals surface area contributed by atoms with Crippen molar-refractivity contribution in [1.29, 1.82) is 0 Å². The molecule has 1 aromatic heterocycles. The molecule has 0 bridgehead atoms. The Morgan fingerprint density at radius 3 is 2.55 bits per heavy atom. The first-order chi connectivity index (χ1) is 14.8. The first-order valence-electron chi connectivity index (χ1n) is 9.12. The summed E-state index contributed by atoms with van der Waals surface area (Å²) >= 11 is 0. The van der Waals surface area contributed by atoms with E-state index >= 15 is 0 Å². The van der Waals surface area contributed by atoms with E-state index in [0.29, 0.717) is 16.9 Å². The maximum absolute atomic E-state index is 12.6. The Labute approximate surface area is 175 Å². The molecule has 1 saturated heterocycles. The van der Waals surface area contributed by atoms with E-state index in [1.54, 1.807) is 37.4 Å². The number of nitro benzene ring substituents is 1. The maximum atomic E-state index is 12.6. The highest BCUT2D eigenvalue weighted by atomic mass is 16.6. The van der Waals surface area contributed by atoms with Crippen LogP contribution in [0.4, 0.5) is 16.2 Å². The number of rotatable bonds is 5. The Morgan fingerprint density at radius 1 is 1.16 bits per heavy atom. The van der Waals surface area contributed by atoms with Gasteiger partial charge in [-0.2, -0.15) is 5.10 Å². The van der Waals surface area contributed by atoms with E-state index in [2.05, 4.69) is 21.0 Å². The summed E-state index contributed by atoms with van der Waals surface area (Å²) in [5.41, 5.74) is 0.321. The van der Waals surface area contributed by atoms with Crippen LogP contribution in [0.2, 0.25) is 0 Å². The minimum Gasteiger partial charge on any atom is -0.321 e. The van der Waals surface area contributed by atoms with Crippen molar-refractivity contribution in [2.75, 3.05) is 5.32 Å². The summed E-state index contributed by atoms with van der Waals surface area (Å²) in [6.45, 7) is 1.57.